The lowest BCUT2D eigenvalue weighted by Crippen LogP contribution is -2.34. The van der Waals surface area contributed by atoms with E-state index in [2.05, 4.69) is 15.5 Å². The average Bonchev–Trinajstić information content (AvgIpc) is 2.69. The summed E-state index contributed by atoms with van der Waals surface area (Å²) in [7, 11) is 0. The molecule has 0 spiro atoms. The van der Waals surface area contributed by atoms with Crippen LogP contribution in [0.2, 0.25) is 0 Å². The average molecular weight is 365 g/mol. The second-order valence-electron chi connectivity index (χ2n) is 5.87. The van der Waals surface area contributed by atoms with Crippen molar-refractivity contribution in [1.29, 1.82) is 0 Å². The summed E-state index contributed by atoms with van der Waals surface area (Å²) in [5.74, 6) is -0.317. The molecule has 0 atom stereocenters. The summed E-state index contributed by atoms with van der Waals surface area (Å²) in [6.45, 7) is 0.611. The molecule has 2 heterocycles. The number of hydrogen-bond acceptors (Lipinski definition) is 5. The van der Waals surface area contributed by atoms with E-state index in [1.165, 1.54) is 23.0 Å². The van der Waals surface area contributed by atoms with Gasteiger partial charge in [0.25, 0.3) is 11.1 Å². The van der Waals surface area contributed by atoms with Gasteiger partial charge in [-0.15, -0.1) is 0 Å². The molecule has 8 heteroatoms. The predicted molar refractivity (Wildman–Crippen MR) is 100 cm³/mol. The van der Waals surface area contributed by atoms with E-state index in [9.17, 15) is 14.4 Å². The molecule has 0 radical (unpaired) electrons. The lowest BCUT2D eigenvalue weighted by molar-refractivity contribution is -0.121. The fourth-order valence-corrected chi connectivity index (χ4v) is 2.53. The van der Waals surface area contributed by atoms with Crippen LogP contribution in [-0.4, -0.2) is 32.0 Å². The minimum absolute atomic E-state index is 0.164. The molecular formula is C19H19N5O3. The summed E-state index contributed by atoms with van der Waals surface area (Å²) in [5, 5.41) is 10.9. The van der Waals surface area contributed by atoms with E-state index in [1.807, 2.05) is 30.3 Å². The third-order valence-electron chi connectivity index (χ3n) is 3.88. The summed E-state index contributed by atoms with van der Waals surface area (Å²) in [6.07, 6.45) is 2.09. The largest absolute Gasteiger partial charge is 0.354 e. The van der Waals surface area contributed by atoms with Crippen molar-refractivity contribution in [3.8, 4) is 11.3 Å². The van der Waals surface area contributed by atoms with Gasteiger partial charge in [-0.2, -0.15) is 10.2 Å². The van der Waals surface area contributed by atoms with Crippen molar-refractivity contribution in [2.24, 2.45) is 0 Å². The van der Waals surface area contributed by atoms with Crippen molar-refractivity contribution in [1.82, 2.24) is 24.9 Å². The van der Waals surface area contributed by atoms with E-state index in [4.69, 9.17) is 0 Å². The van der Waals surface area contributed by atoms with Crippen LogP contribution in [0.4, 0.5) is 0 Å². The molecule has 0 aliphatic rings. The van der Waals surface area contributed by atoms with Gasteiger partial charge in [-0.05, 0) is 18.6 Å². The number of aromatic nitrogens is 4. The topological polar surface area (TPSA) is 98.9 Å². The van der Waals surface area contributed by atoms with Crippen LogP contribution in [0, 0.1) is 0 Å². The van der Waals surface area contributed by atoms with E-state index in [0.717, 1.165) is 10.2 Å². The zero-order valence-corrected chi connectivity index (χ0v) is 14.6. The number of amides is 1. The van der Waals surface area contributed by atoms with Crippen molar-refractivity contribution >= 4 is 5.91 Å². The second-order valence-corrected chi connectivity index (χ2v) is 5.87. The van der Waals surface area contributed by atoms with Crippen LogP contribution < -0.4 is 16.4 Å². The third kappa shape index (κ3) is 4.97. The molecule has 0 bridgehead atoms. The molecule has 3 aromatic rings. The van der Waals surface area contributed by atoms with Crippen LogP contribution in [0.3, 0.4) is 0 Å². The molecule has 0 aliphatic heterocycles. The Hall–Kier alpha value is -3.55. The first-order chi connectivity index (χ1) is 13.1. The highest BCUT2D eigenvalue weighted by Crippen LogP contribution is 2.13. The van der Waals surface area contributed by atoms with Crippen LogP contribution in [-0.2, 0) is 17.9 Å². The fourth-order valence-electron chi connectivity index (χ4n) is 2.53. The molecule has 0 saturated carbocycles. The molecule has 0 unspecified atom stereocenters. The quantitative estimate of drug-likeness (QED) is 0.621. The van der Waals surface area contributed by atoms with Gasteiger partial charge in [-0.1, -0.05) is 30.3 Å². The highest BCUT2D eigenvalue weighted by Gasteiger charge is 2.07. The number of hydrogen-bond donors (Lipinski definition) is 1. The first kappa shape index (κ1) is 18.2. The zero-order valence-electron chi connectivity index (χ0n) is 14.6. The smallest absolute Gasteiger partial charge is 0.267 e. The summed E-state index contributed by atoms with van der Waals surface area (Å²) >= 11 is 0. The molecule has 3 rings (SSSR count). The van der Waals surface area contributed by atoms with Crippen molar-refractivity contribution in [3.63, 3.8) is 0 Å². The lowest BCUT2D eigenvalue weighted by atomic mass is 10.1. The van der Waals surface area contributed by atoms with Gasteiger partial charge >= 0.3 is 0 Å². The molecule has 2 aromatic heterocycles. The Bertz CT molecular complexity index is 1030. The Kier molecular flexibility index (Phi) is 5.88. The molecule has 0 fully saturated rings. The predicted octanol–water partition coefficient (Wildman–Crippen LogP) is 0.673. The summed E-state index contributed by atoms with van der Waals surface area (Å²) in [4.78, 5) is 35.6. The highest BCUT2D eigenvalue weighted by atomic mass is 16.2. The number of aryl methyl sites for hydroxylation is 1. The molecule has 1 N–H and O–H groups in total. The van der Waals surface area contributed by atoms with Gasteiger partial charge < -0.3 is 5.32 Å². The molecule has 138 valence electrons. The number of carbonyl (C=O) groups is 1. The molecule has 0 aliphatic carbocycles. The molecule has 27 heavy (non-hydrogen) atoms. The minimum Gasteiger partial charge on any atom is -0.354 e. The summed E-state index contributed by atoms with van der Waals surface area (Å²) in [5.41, 5.74) is 0.965. The monoisotopic (exact) mass is 365 g/mol. The molecular weight excluding hydrogens is 346 g/mol. The molecule has 8 nitrogen and oxygen atoms in total. The second kappa shape index (κ2) is 8.70. The maximum Gasteiger partial charge on any atom is 0.267 e. The third-order valence-corrected chi connectivity index (χ3v) is 3.88. The fraction of sp³-hybridized carbons (Fsp3) is 0.211. The number of carbonyl (C=O) groups excluding carboxylic acids is 1. The van der Waals surface area contributed by atoms with Crippen molar-refractivity contribution in [2.45, 2.75) is 19.5 Å². The lowest BCUT2D eigenvalue weighted by Gasteiger charge is -2.08. The standard InChI is InChI=1S/C19H19N5O3/c25-17(20-11-5-13-23-18(26)8-4-12-21-23)14-24-19(27)10-9-16(22-24)15-6-2-1-3-7-15/h1-4,6-10,12H,5,11,13-14H2,(H,20,25). The van der Waals surface area contributed by atoms with E-state index in [0.29, 0.717) is 25.2 Å². The Labute approximate surface area is 155 Å². The van der Waals surface area contributed by atoms with Gasteiger partial charge in [-0.25, -0.2) is 9.36 Å². The Morgan fingerprint density at radius 1 is 0.926 bits per heavy atom. The van der Waals surface area contributed by atoms with E-state index < -0.39 is 0 Å². The Balaban J connectivity index is 1.55. The van der Waals surface area contributed by atoms with Crippen molar-refractivity contribution in [2.75, 3.05) is 6.54 Å². The van der Waals surface area contributed by atoms with Gasteiger partial charge in [0.15, 0.2) is 0 Å². The maximum absolute atomic E-state index is 12.1. The number of rotatable bonds is 7. The summed E-state index contributed by atoms with van der Waals surface area (Å²) < 4.78 is 2.47. The van der Waals surface area contributed by atoms with Gasteiger partial charge in [0.1, 0.15) is 6.54 Å². The van der Waals surface area contributed by atoms with Gasteiger partial charge in [0.05, 0.1) is 5.69 Å². The summed E-state index contributed by atoms with van der Waals surface area (Å²) in [6, 6.07) is 15.5. The Morgan fingerprint density at radius 2 is 1.70 bits per heavy atom. The molecule has 0 saturated heterocycles. The molecule has 1 amide bonds. The van der Waals surface area contributed by atoms with E-state index >= 15 is 0 Å². The normalized spacial score (nSPS) is 10.5. The maximum atomic E-state index is 12.1. The SMILES string of the molecule is O=C(Cn1nc(-c2ccccc2)ccc1=O)NCCCn1ncccc1=O. The molecule has 1 aromatic carbocycles. The first-order valence-electron chi connectivity index (χ1n) is 8.56. The number of benzene rings is 1. The number of nitrogens with one attached hydrogen (secondary N) is 1. The van der Waals surface area contributed by atoms with Crippen LogP contribution in [0.15, 0.2) is 70.4 Å². The van der Waals surface area contributed by atoms with Crippen LogP contribution in [0.1, 0.15) is 6.42 Å². The van der Waals surface area contributed by atoms with Gasteiger partial charge in [-0.3, -0.25) is 14.4 Å². The van der Waals surface area contributed by atoms with Crippen molar-refractivity contribution in [3.05, 3.63) is 81.5 Å². The Morgan fingerprint density at radius 3 is 2.48 bits per heavy atom. The minimum atomic E-state index is -0.343. The highest BCUT2D eigenvalue weighted by molar-refractivity contribution is 5.75. The van der Waals surface area contributed by atoms with Crippen LogP contribution in [0.5, 0.6) is 0 Å². The van der Waals surface area contributed by atoms with Crippen molar-refractivity contribution < 1.29 is 4.79 Å². The van der Waals surface area contributed by atoms with E-state index in [1.54, 1.807) is 12.1 Å². The van der Waals surface area contributed by atoms with Crippen LogP contribution >= 0.6 is 0 Å². The van der Waals surface area contributed by atoms with Crippen LogP contribution in [0.25, 0.3) is 11.3 Å². The van der Waals surface area contributed by atoms with Gasteiger partial charge in [0, 0.05) is 37.0 Å². The van der Waals surface area contributed by atoms with E-state index in [-0.39, 0.29) is 23.6 Å². The zero-order chi connectivity index (χ0) is 19.1. The first-order valence-corrected chi connectivity index (χ1v) is 8.56. The van der Waals surface area contributed by atoms with Gasteiger partial charge in [0.2, 0.25) is 5.91 Å². The number of nitrogens with zero attached hydrogens (tertiary/aromatic N) is 4.